The zero-order valence-corrected chi connectivity index (χ0v) is 22.0. The van der Waals surface area contributed by atoms with Crippen LogP contribution < -0.4 is 10.6 Å². The van der Waals surface area contributed by atoms with Crippen LogP contribution in [-0.4, -0.2) is 45.4 Å². The van der Waals surface area contributed by atoms with Crippen LogP contribution >= 0.6 is 23.2 Å². The molecule has 218 valence electrons. The summed E-state index contributed by atoms with van der Waals surface area (Å²) >= 11 is 12.5. The fourth-order valence-electron chi connectivity index (χ4n) is 6.70. The minimum Gasteiger partial charge on any atom is -0.481 e. The van der Waals surface area contributed by atoms with Gasteiger partial charge < -0.3 is 15.7 Å². The maximum atomic E-state index is 13.7. The molecule has 0 radical (unpaired) electrons. The lowest BCUT2D eigenvalue weighted by Crippen LogP contribution is -2.53. The molecule has 4 heterocycles. The first-order chi connectivity index (χ1) is 19.0. The zero-order chi connectivity index (χ0) is 29.9. The third-order valence-corrected chi connectivity index (χ3v) is 9.01. The Morgan fingerprint density at radius 1 is 1.07 bits per heavy atom. The number of nitrogens with one attached hydrogen (secondary N) is 2. The normalized spacial score (nSPS) is 28.1. The summed E-state index contributed by atoms with van der Waals surface area (Å²) in [6.07, 6.45) is -8.72. The van der Waals surface area contributed by atoms with Crippen LogP contribution in [0.1, 0.15) is 36.1 Å². The van der Waals surface area contributed by atoms with Crippen LogP contribution in [0.25, 0.3) is 0 Å². The van der Waals surface area contributed by atoms with Crippen molar-refractivity contribution in [3.8, 4) is 0 Å². The lowest BCUT2D eigenvalue weighted by atomic mass is 9.73. The van der Waals surface area contributed by atoms with Crippen molar-refractivity contribution in [1.29, 1.82) is 0 Å². The Bertz CT molecular complexity index is 1500. The van der Waals surface area contributed by atoms with Gasteiger partial charge in [-0.3, -0.25) is 19.3 Å². The van der Waals surface area contributed by atoms with Crippen molar-refractivity contribution < 1.29 is 45.8 Å². The van der Waals surface area contributed by atoms with Gasteiger partial charge in [0.25, 0.3) is 5.91 Å². The van der Waals surface area contributed by atoms with Crippen molar-refractivity contribution in [1.82, 2.24) is 9.88 Å². The number of pyridine rings is 1. The fraction of sp³-hybridized carbons (Fsp3) is 0.440. The minimum absolute atomic E-state index is 0.0273. The van der Waals surface area contributed by atoms with E-state index in [1.54, 1.807) is 4.90 Å². The lowest BCUT2D eigenvalue weighted by Gasteiger charge is -2.36. The molecule has 8 nitrogen and oxygen atoms in total. The van der Waals surface area contributed by atoms with Crippen LogP contribution in [0.3, 0.4) is 0 Å². The van der Waals surface area contributed by atoms with Crippen molar-refractivity contribution in [2.75, 3.05) is 17.2 Å². The molecule has 2 amide bonds. The molecule has 1 aliphatic carbocycles. The summed E-state index contributed by atoms with van der Waals surface area (Å²) in [6, 6.07) is 1.87. The number of carbonyl (C=O) groups is 3. The van der Waals surface area contributed by atoms with E-state index in [1.807, 2.05) is 5.32 Å². The van der Waals surface area contributed by atoms with E-state index in [1.165, 1.54) is 12.1 Å². The summed E-state index contributed by atoms with van der Waals surface area (Å²) in [5, 5.41) is 15.2. The predicted molar refractivity (Wildman–Crippen MR) is 131 cm³/mol. The second-order valence-corrected chi connectivity index (χ2v) is 11.7. The molecule has 2 spiro atoms. The third kappa shape index (κ3) is 4.16. The molecule has 3 aliphatic heterocycles. The number of anilines is 2. The highest BCUT2D eigenvalue weighted by atomic mass is 35.5. The Labute approximate surface area is 237 Å². The largest absolute Gasteiger partial charge is 0.481 e. The summed E-state index contributed by atoms with van der Waals surface area (Å²) in [6.45, 7) is 0.238. The number of amides is 2. The maximum Gasteiger partial charge on any atom is 0.433 e. The van der Waals surface area contributed by atoms with Crippen LogP contribution in [0.2, 0.25) is 10.0 Å². The number of carbonyl (C=O) groups excluding carboxylic acids is 2. The number of alkyl halides is 6. The second kappa shape index (κ2) is 8.71. The van der Waals surface area contributed by atoms with E-state index in [9.17, 15) is 45.8 Å². The van der Waals surface area contributed by atoms with Crippen LogP contribution in [-0.2, 0) is 32.3 Å². The van der Waals surface area contributed by atoms with Gasteiger partial charge in [-0.2, -0.15) is 26.3 Å². The van der Waals surface area contributed by atoms with Gasteiger partial charge in [-0.05, 0) is 48.9 Å². The molecule has 4 aliphatic rings. The molecule has 1 aromatic carbocycles. The highest BCUT2D eigenvalue weighted by molar-refractivity contribution is 6.38. The molecule has 4 unspecified atom stereocenters. The van der Waals surface area contributed by atoms with Crippen molar-refractivity contribution in [2.45, 2.75) is 43.2 Å². The number of benzene rings is 1. The van der Waals surface area contributed by atoms with E-state index in [0.717, 1.165) is 12.8 Å². The van der Waals surface area contributed by atoms with Gasteiger partial charge in [0.05, 0.1) is 22.2 Å². The number of aromatic nitrogens is 1. The zero-order valence-electron chi connectivity index (χ0n) is 20.5. The summed E-state index contributed by atoms with van der Waals surface area (Å²) in [7, 11) is 0. The van der Waals surface area contributed by atoms with Crippen LogP contribution in [0.5, 0.6) is 0 Å². The number of fused-ring (bicyclic) bond motifs is 4. The van der Waals surface area contributed by atoms with Gasteiger partial charge in [-0.1, -0.05) is 23.2 Å². The Morgan fingerprint density at radius 3 is 2.34 bits per heavy atom. The predicted octanol–water partition coefficient (Wildman–Crippen LogP) is 5.40. The van der Waals surface area contributed by atoms with E-state index < -0.39 is 70.6 Å². The van der Waals surface area contributed by atoms with E-state index >= 15 is 0 Å². The minimum atomic E-state index is -5.27. The van der Waals surface area contributed by atoms with E-state index in [-0.39, 0.29) is 51.8 Å². The highest BCUT2D eigenvalue weighted by Crippen LogP contribution is 2.66. The number of hydrogen-bond donors (Lipinski definition) is 3. The van der Waals surface area contributed by atoms with Crippen LogP contribution in [0.15, 0.2) is 24.3 Å². The Hall–Kier alpha value is -3.10. The molecule has 3 fully saturated rings. The highest BCUT2D eigenvalue weighted by Gasteiger charge is 2.75. The molecule has 2 aromatic rings. The number of hydrogen-bond acceptors (Lipinski definition) is 5. The molecule has 1 saturated carbocycles. The molecular formula is C25H18Cl2F6N4O4. The average molecular weight is 623 g/mol. The molecule has 2 saturated heterocycles. The second-order valence-electron chi connectivity index (χ2n) is 10.9. The third-order valence-electron chi connectivity index (χ3n) is 8.50. The van der Waals surface area contributed by atoms with Gasteiger partial charge in [-0.15, -0.1) is 0 Å². The fourth-order valence-corrected chi connectivity index (χ4v) is 7.24. The summed E-state index contributed by atoms with van der Waals surface area (Å²) < 4.78 is 80.3. The van der Waals surface area contributed by atoms with Gasteiger partial charge in [0.15, 0.2) is 0 Å². The summed E-state index contributed by atoms with van der Waals surface area (Å²) in [4.78, 5) is 45.1. The van der Waals surface area contributed by atoms with Gasteiger partial charge >= 0.3 is 18.3 Å². The van der Waals surface area contributed by atoms with Crippen LogP contribution in [0.4, 0.5) is 37.8 Å². The van der Waals surface area contributed by atoms with E-state index in [0.29, 0.717) is 0 Å². The topological polar surface area (TPSA) is 112 Å². The SMILES string of the molecule is O=C(Nc1cc(C(F)(F)F)cc(C(F)(F)F)n1)C1C2CC3(CC3)CN2C2(C(=O)Nc3c(Cl)cc(Cl)cc32)C1C(=O)O. The molecule has 41 heavy (non-hydrogen) atoms. The molecule has 3 N–H and O–H groups in total. The first kappa shape index (κ1) is 28.0. The van der Waals surface area contributed by atoms with Gasteiger partial charge in [0, 0.05) is 23.2 Å². The Morgan fingerprint density at radius 2 is 1.76 bits per heavy atom. The molecule has 4 atom stereocenters. The van der Waals surface area contributed by atoms with Gasteiger partial charge in [0.1, 0.15) is 23.0 Å². The standard InChI is InChI=1S/C25H18Cl2F6N4O4/c26-10-5-11-18(12(27)6-10)36-21(41)23(11)17(20(39)40)16(13-7-22(1-2-22)8-37(13)23)19(38)35-15-4-9(24(28,29)30)3-14(34-15)25(31,32)33/h3-6,13,16-17H,1-2,7-8H2,(H,36,41)(H,39,40)(H,34,35,38). The van der Waals surface area contributed by atoms with Crippen molar-refractivity contribution in [2.24, 2.45) is 17.3 Å². The summed E-state index contributed by atoms with van der Waals surface area (Å²) in [5.41, 5.74) is -5.65. The quantitative estimate of drug-likeness (QED) is 0.396. The Balaban J connectivity index is 1.48. The smallest absolute Gasteiger partial charge is 0.433 e. The molecular weight excluding hydrogens is 605 g/mol. The number of aliphatic carboxylic acids is 1. The number of carboxylic acid groups (broad SMARTS) is 1. The maximum absolute atomic E-state index is 13.7. The monoisotopic (exact) mass is 622 g/mol. The van der Waals surface area contributed by atoms with Crippen LogP contribution in [0, 0.1) is 17.3 Å². The lowest BCUT2D eigenvalue weighted by molar-refractivity contribution is -0.152. The molecule has 1 aromatic heterocycles. The van der Waals surface area contributed by atoms with Crippen molar-refractivity contribution in [3.63, 3.8) is 0 Å². The number of nitrogens with zero attached hydrogens (tertiary/aromatic N) is 2. The number of rotatable bonds is 3. The molecule has 0 bridgehead atoms. The first-order valence-electron chi connectivity index (χ1n) is 12.3. The van der Waals surface area contributed by atoms with E-state index in [2.05, 4.69) is 10.3 Å². The number of carboxylic acids is 1. The summed E-state index contributed by atoms with van der Waals surface area (Å²) in [5.74, 6) is -7.96. The first-order valence-corrected chi connectivity index (χ1v) is 13.0. The average Bonchev–Trinajstić information content (AvgIpc) is 3.27. The molecule has 16 heteroatoms. The van der Waals surface area contributed by atoms with Gasteiger partial charge in [-0.25, -0.2) is 4.98 Å². The van der Waals surface area contributed by atoms with E-state index in [4.69, 9.17) is 23.2 Å². The Kier molecular flexibility index (Phi) is 5.96. The van der Waals surface area contributed by atoms with Crippen molar-refractivity contribution >= 4 is 52.5 Å². The van der Waals surface area contributed by atoms with Gasteiger partial charge in [0.2, 0.25) is 5.91 Å². The molecule has 6 rings (SSSR count). The number of halogens is 8. The van der Waals surface area contributed by atoms with Crippen molar-refractivity contribution in [3.05, 3.63) is 51.1 Å².